The van der Waals surface area contributed by atoms with Crippen molar-refractivity contribution in [2.45, 2.75) is 0 Å². The zero-order valence-electron chi connectivity index (χ0n) is 11.7. The molecule has 0 radical (unpaired) electrons. The van der Waals surface area contributed by atoms with Crippen LogP contribution in [0.2, 0.25) is 0 Å². The van der Waals surface area contributed by atoms with Crippen LogP contribution in [0.1, 0.15) is 0 Å². The van der Waals surface area contributed by atoms with Gasteiger partial charge in [0.2, 0.25) is 0 Å². The molecule has 0 fully saturated rings. The van der Waals surface area contributed by atoms with E-state index >= 15 is 0 Å². The molecule has 0 amide bonds. The van der Waals surface area contributed by atoms with Crippen LogP contribution in [0.15, 0.2) is 0 Å². The van der Waals surface area contributed by atoms with E-state index in [1.54, 1.807) is 0 Å². The smallest absolute Gasteiger partial charge is 0.187 e. The van der Waals surface area contributed by atoms with E-state index in [4.69, 9.17) is 104 Å². The number of hydrogen-bond acceptors (Lipinski definition) is 20. The SMILES string of the molecule is [AlH3].[O-][N+](O)(O)O.[O-][N+](O)(O)O.[O-][N+](O)(O)O.[O-][N+](O)(O)O.[O-][N+](O)(O)O.[Zn]. The van der Waals surface area contributed by atoms with Crippen molar-refractivity contribution >= 4 is 17.4 Å². The standard InChI is InChI=1S/Al.5H3NO4.Zn.3H/c;5*2-1(3,4)5;;;;/h;5*2-4H;;;;. The summed E-state index contributed by atoms with van der Waals surface area (Å²) in [5.74, 6) is 0. The van der Waals surface area contributed by atoms with Gasteiger partial charge in [-0.2, -0.15) is 0 Å². The molecule has 0 heterocycles. The minimum Gasteiger partial charge on any atom is -0.529 e. The fraction of sp³-hybridized carbons (Fsp3) is 0. The summed E-state index contributed by atoms with van der Waals surface area (Å²) in [5.41, 5.74) is 0. The third kappa shape index (κ3) is 628000. The maximum Gasteiger partial charge on any atom is 0.187 e. The molecule has 27 heavy (non-hydrogen) atoms. The van der Waals surface area contributed by atoms with Gasteiger partial charge in [-0.05, 0) is 0 Å². The third-order valence-electron chi connectivity index (χ3n) is 0. The first-order valence-corrected chi connectivity index (χ1v) is 3.91. The van der Waals surface area contributed by atoms with Crippen molar-refractivity contribution in [2.75, 3.05) is 0 Å². The summed E-state index contributed by atoms with van der Waals surface area (Å²) < 4.78 is 0. The molecule has 0 aromatic heterocycles. The van der Waals surface area contributed by atoms with Gasteiger partial charge in [-0.15, -0.1) is 78.1 Å². The fourth-order valence-corrected chi connectivity index (χ4v) is 0. The molecule has 0 unspecified atom stereocenters. The van der Waals surface area contributed by atoms with E-state index in [-0.39, 0.29) is 36.8 Å². The maximum absolute atomic E-state index is 8.71. The van der Waals surface area contributed by atoms with Crippen molar-refractivity contribution in [1.82, 2.24) is 0 Å². The monoisotopic (exact) mass is 499 g/mol. The quantitative estimate of drug-likeness (QED) is 0.0858. The maximum atomic E-state index is 8.71. The second-order valence-electron chi connectivity index (χ2n) is 2.57. The predicted molar refractivity (Wildman–Crippen MR) is 54.9 cm³/mol. The molecule has 25 nitrogen and oxygen atoms in total. The van der Waals surface area contributed by atoms with Crippen LogP contribution in [-0.4, -0.2) is 121 Å². The molecule has 168 valence electrons. The molecular weight excluding hydrogens is 482 g/mol. The molecule has 0 spiro atoms. The summed E-state index contributed by atoms with van der Waals surface area (Å²) in [4.78, 5) is 0. The van der Waals surface area contributed by atoms with Crippen molar-refractivity contribution in [1.29, 1.82) is 0 Å². The Morgan fingerprint density at radius 1 is 0.296 bits per heavy atom. The summed E-state index contributed by atoms with van der Waals surface area (Å²) in [5, 5.41) is 132. The average molecular weight is 501 g/mol. The molecule has 0 saturated carbocycles. The molecule has 27 heteroatoms. The van der Waals surface area contributed by atoms with E-state index in [9.17, 15) is 0 Å². The van der Waals surface area contributed by atoms with Crippen molar-refractivity contribution in [2.24, 2.45) is 0 Å². The zero-order valence-corrected chi connectivity index (χ0v) is 14.7. The van der Waals surface area contributed by atoms with Gasteiger partial charge < -0.3 is 26.0 Å². The molecule has 0 aliphatic carbocycles. The summed E-state index contributed by atoms with van der Waals surface area (Å²) >= 11 is 0. The van der Waals surface area contributed by atoms with Crippen molar-refractivity contribution in [3.8, 4) is 0 Å². The van der Waals surface area contributed by atoms with Crippen LogP contribution in [0, 0.1) is 26.0 Å². The van der Waals surface area contributed by atoms with E-state index in [0.29, 0.717) is 0 Å². The second kappa shape index (κ2) is 18.2. The number of rotatable bonds is 0. The van der Waals surface area contributed by atoms with Gasteiger partial charge in [0, 0.05) is 19.5 Å². The Kier molecular flexibility index (Phi) is 30.8. The second-order valence-corrected chi connectivity index (χ2v) is 2.57. The van der Waals surface area contributed by atoms with Crippen molar-refractivity contribution in [3.63, 3.8) is 0 Å². The third-order valence-corrected chi connectivity index (χ3v) is 0. The summed E-state index contributed by atoms with van der Waals surface area (Å²) in [6, 6.07) is 0. The number of quaternary nitrogens is 5. The van der Waals surface area contributed by atoms with Gasteiger partial charge >= 0.3 is 0 Å². The van der Waals surface area contributed by atoms with Gasteiger partial charge in [-0.25, -0.2) is 0 Å². The molecule has 0 bridgehead atoms. The van der Waals surface area contributed by atoms with Crippen molar-refractivity contribution < 1.29 is 123 Å². The van der Waals surface area contributed by atoms with Gasteiger partial charge in [-0.1, -0.05) is 0 Å². The average Bonchev–Trinajstić information content (AvgIpc) is 1.79. The van der Waals surface area contributed by atoms with Crippen LogP contribution in [-0.2, 0) is 19.5 Å². The van der Waals surface area contributed by atoms with Gasteiger partial charge in [0.15, 0.2) is 17.4 Å². The number of hydrogen-bond donors (Lipinski definition) is 15. The van der Waals surface area contributed by atoms with Crippen LogP contribution >= 0.6 is 0 Å². The Morgan fingerprint density at radius 2 is 0.296 bits per heavy atom. The topological polar surface area (TPSA) is 419 Å². The Morgan fingerprint density at radius 3 is 0.296 bits per heavy atom. The molecule has 0 aromatic rings. The van der Waals surface area contributed by atoms with E-state index in [1.165, 1.54) is 0 Å². The summed E-state index contributed by atoms with van der Waals surface area (Å²) in [6.07, 6.45) is 0. The predicted octanol–water partition coefficient (Wildman–Crippen LogP) is -3.84. The molecule has 0 aromatic carbocycles. The van der Waals surface area contributed by atoms with Gasteiger partial charge in [0.25, 0.3) is 0 Å². The molecule has 0 saturated heterocycles. The number of nitrogens with zero attached hydrogens (tertiary/aromatic N) is 5. The fourth-order valence-electron chi connectivity index (χ4n) is 0. The molecule has 15 N–H and O–H groups in total. The molecular formula is H18AlN5O20Zn. The first-order valence-electron chi connectivity index (χ1n) is 3.91. The molecule has 0 aliphatic heterocycles. The van der Waals surface area contributed by atoms with Crippen LogP contribution in [0.5, 0.6) is 0 Å². The Bertz CT molecular complexity index is 178. The summed E-state index contributed by atoms with van der Waals surface area (Å²) in [6.45, 7) is 0. The normalized spacial score (nSPS) is 11.1. The largest absolute Gasteiger partial charge is 0.529 e. The van der Waals surface area contributed by atoms with Gasteiger partial charge in [0.1, 0.15) is 0 Å². The van der Waals surface area contributed by atoms with Crippen LogP contribution in [0.4, 0.5) is 0 Å². The van der Waals surface area contributed by atoms with Crippen LogP contribution in [0.3, 0.4) is 0 Å². The first kappa shape index (κ1) is 45.7. The summed E-state index contributed by atoms with van der Waals surface area (Å²) in [7, 11) is 0. The van der Waals surface area contributed by atoms with Gasteiger partial charge in [-0.3, -0.25) is 0 Å². The zero-order chi connectivity index (χ0) is 22.5. The molecule has 0 atom stereocenters. The minimum absolute atomic E-state index is 0. The van der Waals surface area contributed by atoms with E-state index in [1.807, 2.05) is 0 Å². The Labute approximate surface area is 167 Å². The van der Waals surface area contributed by atoms with Crippen LogP contribution in [0.25, 0.3) is 0 Å². The van der Waals surface area contributed by atoms with Crippen molar-refractivity contribution in [3.05, 3.63) is 26.0 Å². The van der Waals surface area contributed by atoms with E-state index in [0.717, 1.165) is 0 Å². The van der Waals surface area contributed by atoms with Gasteiger partial charge in [0.05, 0.1) is 25.7 Å². The molecule has 0 rings (SSSR count). The van der Waals surface area contributed by atoms with E-state index < -0.39 is 25.7 Å². The Balaban J connectivity index is -0.0000000364. The molecule has 0 aliphatic rings. The Hall–Kier alpha value is 0.156. The first-order chi connectivity index (χ1) is 10.0. The minimum atomic E-state index is -3.25. The van der Waals surface area contributed by atoms with E-state index in [2.05, 4.69) is 0 Å². The van der Waals surface area contributed by atoms with Crippen LogP contribution < -0.4 is 0 Å².